The lowest BCUT2D eigenvalue weighted by atomic mass is 10.2. The third-order valence-corrected chi connectivity index (χ3v) is 3.12. The average molecular weight is 274 g/mol. The number of para-hydroxylation sites is 1. The van der Waals surface area contributed by atoms with Gasteiger partial charge in [0.1, 0.15) is 5.82 Å². The van der Waals surface area contributed by atoms with Gasteiger partial charge in [0.2, 0.25) is 5.95 Å². The lowest BCUT2D eigenvalue weighted by Gasteiger charge is -2.20. The molecule has 0 fully saturated rings. The maximum absolute atomic E-state index is 5.11. The molecule has 0 saturated heterocycles. The summed E-state index contributed by atoms with van der Waals surface area (Å²) in [5.74, 6) is 1.64. The summed E-state index contributed by atoms with van der Waals surface area (Å²) >= 11 is 0. The summed E-state index contributed by atoms with van der Waals surface area (Å²) in [6.45, 7) is 4.51. The summed E-state index contributed by atoms with van der Waals surface area (Å²) in [5.41, 5.74) is 0.965. The minimum atomic E-state index is 0.680. The Labute approximate surface area is 120 Å². The van der Waals surface area contributed by atoms with Crippen molar-refractivity contribution in [2.75, 3.05) is 44.1 Å². The Hall–Kier alpha value is -1.88. The molecule has 0 aliphatic carbocycles. The van der Waals surface area contributed by atoms with Gasteiger partial charge in [0.05, 0.1) is 5.52 Å². The van der Waals surface area contributed by atoms with Crippen LogP contribution < -0.4 is 10.2 Å². The number of methoxy groups -OCH3 is 1. The molecule has 2 aromatic rings. The quantitative estimate of drug-likeness (QED) is 0.786. The molecule has 2 rings (SSSR count). The molecule has 0 amide bonds. The Bertz CT molecular complexity index is 559. The number of fused-ring (bicyclic) bond motifs is 1. The number of nitrogens with zero attached hydrogens (tertiary/aromatic N) is 3. The van der Waals surface area contributed by atoms with Crippen molar-refractivity contribution in [2.24, 2.45) is 0 Å². The molecule has 0 aliphatic rings. The molecule has 0 spiro atoms. The van der Waals surface area contributed by atoms with E-state index < -0.39 is 0 Å². The normalized spacial score (nSPS) is 10.8. The predicted molar refractivity (Wildman–Crippen MR) is 83.5 cm³/mol. The summed E-state index contributed by atoms with van der Waals surface area (Å²) < 4.78 is 5.11. The van der Waals surface area contributed by atoms with E-state index in [0.29, 0.717) is 5.95 Å². The summed E-state index contributed by atoms with van der Waals surface area (Å²) in [4.78, 5) is 11.3. The van der Waals surface area contributed by atoms with Gasteiger partial charge in [-0.2, -0.15) is 4.98 Å². The highest BCUT2D eigenvalue weighted by molar-refractivity contribution is 5.90. The molecule has 1 heterocycles. The maximum atomic E-state index is 5.11. The number of rotatable bonds is 7. The average Bonchev–Trinajstić information content (AvgIpc) is 2.47. The van der Waals surface area contributed by atoms with Crippen molar-refractivity contribution in [1.29, 1.82) is 0 Å². The van der Waals surface area contributed by atoms with Crippen molar-refractivity contribution >= 4 is 22.7 Å². The monoisotopic (exact) mass is 274 g/mol. The van der Waals surface area contributed by atoms with Gasteiger partial charge in [-0.05, 0) is 25.5 Å². The van der Waals surface area contributed by atoms with E-state index in [1.165, 1.54) is 0 Å². The standard InChI is InChI=1S/C15H22N4O/c1-4-16-15-17-13-9-6-5-8-12(13)14(18-15)19(2)10-7-11-20-3/h5-6,8-9H,4,7,10-11H2,1-3H3,(H,16,17,18). The van der Waals surface area contributed by atoms with Crippen LogP contribution in [0.1, 0.15) is 13.3 Å². The van der Waals surface area contributed by atoms with Crippen LogP contribution in [0, 0.1) is 0 Å². The molecule has 0 atom stereocenters. The van der Waals surface area contributed by atoms with Crippen molar-refractivity contribution in [3.8, 4) is 0 Å². The second-order valence-electron chi connectivity index (χ2n) is 4.69. The number of ether oxygens (including phenoxy) is 1. The van der Waals surface area contributed by atoms with Crippen LogP contribution in [-0.4, -0.2) is 43.8 Å². The number of nitrogens with one attached hydrogen (secondary N) is 1. The largest absolute Gasteiger partial charge is 0.385 e. The predicted octanol–water partition coefficient (Wildman–Crippen LogP) is 2.53. The van der Waals surface area contributed by atoms with Gasteiger partial charge in [-0.3, -0.25) is 0 Å². The minimum absolute atomic E-state index is 0.680. The van der Waals surface area contributed by atoms with Gasteiger partial charge in [-0.25, -0.2) is 4.98 Å². The van der Waals surface area contributed by atoms with Crippen LogP contribution in [0.15, 0.2) is 24.3 Å². The third-order valence-electron chi connectivity index (χ3n) is 3.12. The van der Waals surface area contributed by atoms with Crippen LogP contribution in [0.2, 0.25) is 0 Å². The smallest absolute Gasteiger partial charge is 0.225 e. The first kappa shape index (κ1) is 14.5. The molecule has 1 aromatic carbocycles. The second-order valence-corrected chi connectivity index (χ2v) is 4.69. The highest BCUT2D eigenvalue weighted by atomic mass is 16.5. The van der Waals surface area contributed by atoms with Gasteiger partial charge in [0, 0.05) is 39.2 Å². The molecular formula is C15H22N4O. The Morgan fingerprint density at radius 1 is 1.25 bits per heavy atom. The van der Waals surface area contributed by atoms with Crippen LogP contribution in [0.4, 0.5) is 11.8 Å². The summed E-state index contributed by atoms with van der Waals surface area (Å²) in [5, 5.41) is 4.27. The lowest BCUT2D eigenvalue weighted by Crippen LogP contribution is -2.22. The molecular weight excluding hydrogens is 252 g/mol. The minimum Gasteiger partial charge on any atom is -0.385 e. The van der Waals surface area contributed by atoms with E-state index in [0.717, 1.165) is 42.8 Å². The molecule has 5 heteroatoms. The van der Waals surface area contributed by atoms with Gasteiger partial charge >= 0.3 is 0 Å². The van der Waals surface area contributed by atoms with Gasteiger partial charge in [-0.15, -0.1) is 0 Å². The number of hydrogen-bond acceptors (Lipinski definition) is 5. The fourth-order valence-electron chi connectivity index (χ4n) is 2.14. The van der Waals surface area contributed by atoms with E-state index in [1.807, 2.05) is 25.1 Å². The summed E-state index contributed by atoms with van der Waals surface area (Å²) in [7, 11) is 3.78. The molecule has 108 valence electrons. The SMILES string of the molecule is CCNc1nc(N(C)CCCOC)c2ccccc2n1. The molecule has 1 aromatic heterocycles. The lowest BCUT2D eigenvalue weighted by molar-refractivity contribution is 0.196. The number of aromatic nitrogens is 2. The molecule has 0 saturated carbocycles. The van der Waals surface area contributed by atoms with Gasteiger partial charge in [0.25, 0.3) is 0 Å². The molecule has 0 bridgehead atoms. The summed E-state index contributed by atoms with van der Waals surface area (Å²) in [6.07, 6.45) is 0.974. The number of anilines is 2. The summed E-state index contributed by atoms with van der Waals surface area (Å²) in [6, 6.07) is 8.10. The van der Waals surface area contributed by atoms with E-state index >= 15 is 0 Å². The first-order chi connectivity index (χ1) is 9.76. The molecule has 20 heavy (non-hydrogen) atoms. The van der Waals surface area contributed by atoms with Crippen LogP contribution >= 0.6 is 0 Å². The van der Waals surface area contributed by atoms with E-state index in [2.05, 4.69) is 33.3 Å². The van der Waals surface area contributed by atoms with Crippen LogP contribution in [0.5, 0.6) is 0 Å². The van der Waals surface area contributed by atoms with Crippen molar-refractivity contribution < 1.29 is 4.74 Å². The fourth-order valence-corrected chi connectivity index (χ4v) is 2.14. The zero-order valence-corrected chi connectivity index (χ0v) is 12.4. The zero-order chi connectivity index (χ0) is 14.4. The first-order valence-corrected chi connectivity index (χ1v) is 6.97. The number of benzene rings is 1. The Kier molecular flexibility index (Phi) is 5.12. The zero-order valence-electron chi connectivity index (χ0n) is 12.4. The fraction of sp³-hybridized carbons (Fsp3) is 0.467. The molecule has 1 N–H and O–H groups in total. The van der Waals surface area contributed by atoms with Gasteiger partial charge < -0.3 is 15.0 Å². The third kappa shape index (κ3) is 3.36. The Morgan fingerprint density at radius 2 is 2.05 bits per heavy atom. The number of hydrogen-bond donors (Lipinski definition) is 1. The van der Waals surface area contributed by atoms with Crippen LogP contribution in [-0.2, 0) is 4.74 Å². The van der Waals surface area contributed by atoms with Crippen molar-refractivity contribution in [3.63, 3.8) is 0 Å². The molecule has 0 radical (unpaired) electrons. The van der Waals surface area contributed by atoms with Crippen LogP contribution in [0.3, 0.4) is 0 Å². The van der Waals surface area contributed by atoms with Gasteiger partial charge in [0.15, 0.2) is 0 Å². The van der Waals surface area contributed by atoms with E-state index in [1.54, 1.807) is 7.11 Å². The van der Waals surface area contributed by atoms with Gasteiger partial charge in [-0.1, -0.05) is 12.1 Å². The second kappa shape index (κ2) is 7.05. The molecule has 0 aliphatic heterocycles. The van der Waals surface area contributed by atoms with E-state index in [9.17, 15) is 0 Å². The maximum Gasteiger partial charge on any atom is 0.225 e. The van der Waals surface area contributed by atoms with Crippen molar-refractivity contribution in [3.05, 3.63) is 24.3 Å². The first-order valence-electron chi connectivity index (χ1n) is 6.97. The Morgan fingerprint density at radius 3 is 2.80 bits per heavy atom. The molecule has 0 unspecified atom stereocenters. The van der Waals surface area contributed by atoms with Crippen molar-refractivity contribution in [1.82, 2.24) is 9.97 Å². The van der Waals surface area contributed by atoms with Crippen LogP contribution in [0.25, 0.3) is 10.9 Å². The topological polar surface area (TPSA) is 50.3 Å². The highest BCUT2D eigenvalue weighted by Crippen LogP contribution is 2.24. The Balaban J connectivity index is 2.33. The highest BCUT2D eigenvalue weighted by Gasteiger charge is 2.10. The van der Waals surface area contributed by atoms with Crippen molar-refractivity contribution in [2.45, 2.75) is 13.3 Å². The molecule has 5 nitrogen and oxygen atoms in total. The van der Waals surface area contributed by atoms with E-state index in [-0.39, 0.29) is 0 Å². The van der Waals surface area contributed by atoms with E-state index in [4.69, 9.17) is 4.74 Å².